The van der Waals surface area contributed by atoms with Crippen LogP contribution in [0.3, 0.4) is 0 Å². The van der Waals surface area contributed by atoms with Gasteiger partial charge in [-0.3, -0.25) is 4.79 Å². The Hall–Kier alpha value is -1.51. The van der Waals surface area contributed by atoms with E-state index in [-0.39, 0.29) is 17.4 Å². The van der Waals surface area contributed by atoms with Crippen molar-refractivity contribution < 1.29 is 4.79 Å². The predicted molar refractivity (Wildman–Crippen MR) is 74.0 cm³/mol. The van der Waals surface area contributed by atoms with E-state index in [2.05, 4.69) is 12.2 Å². The van der Waals surface area contributed by atoms with Crippen molar-refractivity contribution in [2.45, 2.75) is 45.6 Å². The largest absolute Gasteiger partial charge is 0.399 e. The molecule has 1 unspecified atom stereocenters. The van der Waals surface area contributed by atoms with Gasteiger partial charge in [0.05, 0.1) is 6.04 Å². The first-order valence-electron chi connectivity index (χ1n) is 6.68. The minimum absolute atomic E-state index is 0.0124. The molecule has 18 heavy (non-hydrogen) atoms. The van der Waals surface area contributed by atoms with E-state index in [9.17, 15) is 4.79 Å². The molecule has 1 aromatic rings. The first-order chi connectivity index (χ1) is 8.51. The Morgan fingerprint density at radius 3 is 2.67 bits per heavy atom. The van der Waals surface area contributed by atoms with Crippen LogP contribution in [0.1, 0.15) is 51.1 Å². The molecule has 1 aliphatic rings. The lowest BCUT2D eigenvalue weighted by Crippen LogP contribution is -2.38. The number of hydrogen-bond donors (Lipinski definition) is 2. The first kappa shape index (κ1) is 12.9. The summed E-state index contributed by atoms with van der Waals surface area (Å²) in [6, 6.07) is 7.71. The van der Waals surface area contributed by atoms with Gasteiger partial charge in [0.2, 0.25) is 5.91 Å². The number of rotatable bonds is 3. The van der Waals surface area contributed by atoms with E-state index in [0.717, 1.165) is 36.9 Å². The lowest BCUT2D eigenvalue weighted by molar-refractivity contribution is -0.130. The highest BCUT2D eigenvalue weighted by molar-refractivity contribution is 5.82. The third-order valence-electron chi connectivity index (χ3n) is 4.01. The molecule has 1 saturated carbocycles. The van der Waals surface area contributed by atoms with Crippen LogP contribution in [0.2, 0.25) is 0 Å². The molecule has 0 aliphatic heterocycles. The normalized spacial score (nSPS) is 19.4. The topological polar surface area (TPSA) is 55.1 Å². The highest BCUT2D eigenvalue weighted by Crippen LogP contribution is 2.38. The van der Waals surface area contributed by atoms with Crippen LogP contribution in [0.25, 0.3) is 0 Å². The molecule has 2 rings (SSSR count). The van der Waals surface area contributed by atoms with Crippen molar-refractivity contribution in [3.8, 4) is 0 Å². The van der Waals surface area contributed by atoms with Crippen LogP contribution in [0.15, 0.2) is 24.3 Å². The molecule has 1 atom stereocenters. The lowest BCUT2D eigenvalue weighted by atomic mass is 9.87. The van der Waals surface area contributed by atoms with Gasteiger partial charge in [-0.2, -0.15) is 0 Å². The number of hydrogen-bond acceptors (Lipinski definition) is 2. The maximum atomic E-state index is 12.3. The Morgan fingerprint density at radius 2 is 2.06 bits per heavy atom. The molecule has 1 fully saturated rings. The summed E-state index contributed by atoms with van der Waals surface area (Å²) in [5.41, 5.74) is 7.39. The lowest BCUT2D eigenvalue weighted by Gasteiger charge is -2.25. The average molecular weight is 246 g/mol. The molecular weight excluding hydrogens is 224 g/mol. The molecular formula is C15H22N2O. The summed E-state index contributed by atoms with van der Waals surface area (Å²) in [6.07, 6.45) is 4.33. The van der Waals surface area contributed by atoms with E-state index in [1.54, 1.807) is 0 Å². The molecule has 0 radical (unpaired) electrons. The van der Waals surface area contributed by atoms with Gasteiger partial charge in [0, 0.05) is 11.1 Å². The van der Waals surface area contributed by atoms with Gasteiger partial charge in [-0.25, -0.2) is 0 Å². The van der Waals surface area contributed by atoms with Gasteiger partial charge in [-0.05, 0) is 37.5 Å². The summed E-state index contributed by atoms with van der Waals surface area (Å²) in [5.74, 6) is 0.176. The van der Waals surface area contributed by atoms with Crippen molar-refractivity contribution in [2.24, 2.45) is 5.41 Å². The zero-order valence-corrected chi connectivity index (χ0v) is 11.2. The highest BCUT2D eigenvalue weighted by atomic mass is 16.2. The van der Waals surface area contributed by atoms with Crippen LogP contribution in [-0.2, 0) is 4.79 Å². The third-order valence-corrected chi connectivity index (χ3v) is 4.01. The number of benzene rings is 1. The number of carbonyl (C=O) groups excluding carboxylic acids is 1. The van der Waals surface area contributed by atoms with Crippen LogP contribution in [0.5, 0.6) is 0 Å². The van der Waals surface area contributed by atoms with E-state index in [4.69, 9.17) is 5.73 Å². The fraction of sp³-hybridized carbons (Fsp3) is 0.533. The van der Waals surface area contributed by atoms with Crippen molar-refractivity contribution in [1.29, 1.82) is 0 Å². The van der Waals surface area contributed by atoms with Gasteiger partial charge in [-0.15, -0.1) is 0 Å². The molecule has 98 valence electrons. The Labute approximate surface area is 109 Å². The molecule has 1 aromatic carbocycles. The Morgan fingerprint density at radius 1 is 1.39 bits per heavy atom. The van der Waals surface area contributed by atoms with E-state index < -0.39 is 0 Å². The molecule has 0 saturated heterocycles. The van der Waals surface area contributed by atoms with E-state index in [1.165, 1.54) is 0 Å². The van der Waals surface area contributed by atoms with Gasteiger partial charge in [0.15, 0.2) is 0 Å². The van der Waals surface area contributed by atoms with Crippen molar-refractivity contribution in [1.82, 2.24) is 5.32 Å². The third kappa shape index (κ3) is 2.66. The molecule has 3 heteroatoms. The first-order valence-corrected chi connectivity index (χ1v) is 6.68. The number of amides is 1. The Bertz CT molecular complexity index is 436. The second kappa shape index (κ2) is 5.01. The van der Waals surface area contributed by atoms with Crippen LogP contribution in [0, 0.1) is 5.41 Å². The van der Waals surface area contributed by atoms with Crippen molar-refractivity contribution in [3.63, 3.8) is 0 Å². The van der Waals surface area contributed by atoms with Gasteiger partial charge in [0.1, 0.15) is 0 Å². The predicted octanol–water partition coefficient (Wildman–Crippen LogP) is 3.03. The second-order valence-corrected chi connectivity index (χ2v) is 5.63. The maximum absolute atomic E-state index is 12.3. The quantitative estimate of drug-likeness (QED) is 0.805. The minimum atomic E-state index is -0.172. The molecule has 0 spiro atoms. The SMILES string of the molecule is CC(NC(=O)C1(C)CCCC1)c1cccc(N)c1. The zero-order valence-electron chi connectivity index (χ0n) is 11.2. The fourth-order valence-electron chi connectivity index (χ4n) is 2.66. The average Bonchev–Trinajstić information content (AvgIpc) is 2.77. The summed E-state index contributed by atoms with van der Waals surface area (Å²) < 4.78 is 0. The van der Waals surface area contributed by atoms with Crippen LogP contribution in [0.4, 0.5) is 5.69 Å². The smallest absolute Gasteiger partial charge is 0.226 e. The molecule has 0 heterocycles. The molecule has 0 bridgehead atoms. The highest BCUT2D eigenvalue weighted by Gasteiger charge is 2.36. The van der Waals surface area contributed by atoms with Crippen LogP contribution < -0.4 is 11.1 Å². The number of nitrogen functional groups attached to an aromatic ring is 1. The minimum Gasteiger partial charge on any atom is -0.399 e. The Balaban J connectivity index is 2.03. The van der Waals surface area contributed by atoms with Crippen LogP contribution >= 0.6 is 0 Å². The fourth-order valence-corrected chi connectivity index (χ4v) is 2.66. The van der Waals surface area contributed by atoms with E-state index >= 15 is 0 Å². The molecule has 1 aliphatic carbocycles. The van der Waals surface area contributed by atoms with E-state index in [0.29, 0.717) is 0 Å². The molecule has 3 nitrogen and oxygen atoms in total. The number of anilines is 1. The summed E-state index contributed by atoms with van der Waals surface area (Å²) in [7, 11) is 0. The molecule has 3 N–H and O–H groups in total. The number of nitrogens with two attached hydrogens (primary N) is 1. The number of carbonyl (C=O) groups is 1. The summed E-state index contributed by atoms with van der Waals surface area (Å²) in [4.78, 5) is 12.3. The standard InChI is InChI=1S/C15H22N2O/c1-11(12-6-5-7-13(16)10-12)17-14(18)15(2)8-3-4-9-15/h5-7,10-11H,3-4,8-9,16H2,1-2H3,(H,17,18). The molecule has 0 aromatic heterocycles. The summed E-state index contributed by atoms with van der Waals surface area (Å²) in [5, 5.41) is 3.11. The van der Waals surface area contributed by atoms with Crippen molar-refractivity contribution in [3.05, 3.63) is 29.8 Å². The maximum Gasteiger partial charge on any atom is 0.226 e. The van der Waals surface area contributed by atoms with Crippen LogP contribution in [-0.4, -0.2) is 5.91 Å². The van der Waals surface area contributed by atoms with Gasteiger partial charge < -0.3 is 11.1 Å². The Kier molecular flexibility index (Phi) is 3.60. The zero-order chi connectivity index (χ0) is 13.2. The summed E-state index contributed by atoms with van der Waals surface area (Å²) in [6.45, 7) is 4.08. The van der Waals surface area contributed by atoms with Gasteiger partial charge in [-0.1, -0.05) is 31.9 Å². The molecule has 1 amide bonds. The van der Waals surface area contributed by atoms with E-state index in [1.807, 2.05) is 31.2 Å². The monoisotopic (exact) mass is 246 g/mol. The second-order valence-electron chi connectivity index (χ2n) is 5.63. The van der Waals surface area contributed by atoms with Gasteiger partial charge in [0.25, 0.3) is 0 Å². The van der Waals surface area contributed by atoms with Gasteiger partial charge >= 0.3 is 0 Å². The summed E-state index contributed by atoms with van der Waals surface area (Å²) >= 11 is 0. The van der Waals surface area contributed by atoms with Crippen molar-refractivity contribution >= 4 is 11.6 Å². The number of nitrogens with one attached hydrogen (secondary N) is 1. The van der Waals surface area contributed by atoms with Crippen molar-refractivity contribution in [2.75, 3.05) is 5.73 Å².